The molecule has 4 nitrogen and oxygen atoms in total. The Bertz CT molecular complexity index is 287. The molecule has 1 rings (SSSR count). The van der Waals surface area contributed by atoms with Crippen LogP contribution in [0.5, 0.6) is 0 Å². The average molecular weight is 274 g/mol. The van der Waals surface area contributed by atoms with E-state index in [9.17, 15) is 9.00 Å². The summed E-state index contributed by atoms with van der Waals surface area (Å²) in [6.07, 6.45) is 8.91. The molecule has 0 aromatic heterocycles. The zero-order chi connectivity index (χ0) is 13.4. The van der Waals surface area contributed by atoms with Gasteiger partial charge in [-0.05, 0) is 19.3 Å². The minimum atomic E-state index is -0.776. The Morgan fingerprint density at radius 3 is 2.39 bits per heavy atom. The second-order valence-corrected chi connectivity index (χ2v) is 6.84. The molecule has 1 aliphatic rings. The normalized spacial score (nSPS) is 21.0. The van der Waals surface area contributed by atoms with Crippen LogP contribution in [0.25, 0.3) is 0 Å². The highest BCUT2D eigenvalue weighted by molar-refractivity contribution is 7.84. The van der Waals surface area contributed by atoms with E-state index in [0.717, 1.165) is 32.1 Å². The molecule has 0 aromatic carbocycles. The average Bonchev–Trinajstić information content (AvgIpc) is 2.60. The highest BCUT2D eigenvalue weighted by Crippen LogP contribution is 2.34. The van der Waals surface area contributed by atoms with Gasteiger partial charge in [0.05, 0.1) is 5.41 Å². The lowest BCUT2D eigenvalue weighted by atomic mass is 9.79. The summed E-state index contributed by atoms with van der Waals surface area (Å²) in [6, 6.07) is 0. The van der Waals surface area contributed by atoms with E-state index in [4.69, 9.17) is 5.73 Å². The topological polar surface area (TPSA) is 72.2 Å². The molecule has 1 unspecified atom stereocenters. The van der Waals surface area contributed by atoms with E-state index < -0.39 is 10.8 Å². The highest BCUT2D eigenvalue weighted by atomic mass is 32.2. The van der Waals surface area contributed by atoms with Crippen LogP contribution < -0.4 is 11.1 Å². The smallest absolute Gasteiger partial charge is 0.227 e. The SMILES string of the molecule is CS(=O)CCCNC(=O)C1(CN)CCCCCC1. The van der Waals surface area contributed by atoms with Gasteiger partial charge in [-0.25, -0.2) is 0 Å². The Hall–Kier alpha value is -0.420. The molecular formula is C13H26N2O2S. The first kappa shape index (κ1) is 15.6. The number of carbonyl (C=O) groups excluding carboxylic acids is 1. The molecule has 1 atom stereocenters. The van der Waals surface area contributed by atoms with Crippen LogP contribution in [0, 0.1) is 5.41 Å². The molecular weight excluding hydrogens is 248 g/mol. The van der Waals surface area contributed by atoms with Crippen molar-refractivity contribution in [1.82, 2.24) is 5.32 Å². The second kappa shape index (κ2) is 7.89. The Kier molecular flexibility index (Phi) is 6.86. The number of hydrogen-bond acceptors (Lipinski definition) is 3. The van der Waals surface area contributed by atoms with E-state index in [1.807, 2.05) is 0 Å². The van der Waals surface area contributed by atoms with Crippen LogP contribution in [0.4, 0.5) is 0 Å². The Morgan fingerprint density at radius 2 is 1.89 bits per heavy atom. The quantitative estimate of drug-likeness (QED) is 0.564. The first-order valence-corrected chi connectivity index (χ1v) is 8.62. The summed E-state index contributed by atoms with van der Waals surface area (Å²) in [5.41, 5.74) is 5.51. The van der Waals surface area contributed by atoms with Gasteiger partial charge in [0.1, 0.15) is 0 Å². The molecule has 3 N–H and O–H groups in total. The fourth-order valence-corrected chi connectivity index (χ4v) is 3.14. The van der Waals surface area contributed by atoms with E-state index in [0.29, 0.717) is 18.8 Å². The lowest BCUT2D eigenvalue weighted by molar-refractivity contribution is -0.131. The van der Waals surface area contributed by atoms with Crippen LogP contribution in [0.15, 0.2) is 0 Å². The number of nitrogens with one attached hydrogen (secondary N) is 1. The molecule has 0 radical (unpaired) electrons. The van der Waals surface area contributed by atoms with Gasteiger partial charge in [0, 0.05) is 35.9 Å². The highest BCUT2D eigenvalue weighted by Gasteiger charge is 2.36. The van der Waals surface area contributed by atoms with Crippen molar-refractivity contribution in [2.45, 2.75) is 44.9 Å². The van der Waals surface area contributed by atoms with Gasteiger partial charge in [0.15, 0.2) is 0 Å². The van der Waals surface area contributed by atoms with Gasteiger partial charge in [0.25, 0.3) is 0 Å². The lowest BCUT2D eigenvalue weighted by Gasteiger charge is -2.29. The predicted molar refractivity (Wildman–Crippen MR) is 75.7 cm³/mol. The summed E-state index contributed by atoms with van der Waals surface area (Å²) in [5.74, 6) is 0.754. The first-order chi connectivity index (χ1) is 8.60. The van der Waals surface area contributed by atoms with Crippen molar-refractivity contribution in [3.63, 3.8) is 0 Å². The lowest BCUT2D eigenvalue weighted by Crippen LogP contribution is -2.46. The fourth-order valence-electron chi connectivity index (χ4n) is 2.59. The maximum Gasteiger partial charge on any atom is 0.227 e. The monoisotopic (exact) mass is 274 g/mol. The second-order valence-electron chi connectivity index (χ2n) is 5.29. The standard InChI is InChI=1S/C13H26N2O2S/c1-18(17)10-6-9-15-12(16)13(11-14)7-4-2-3-5-8-13/h2-11,14H2,1H3,(H,15,16). The van der Waals surface area contributed by atoms with Crippen LogP contribution >= 0.6 is 0 Å². The molecule has 0 spiro atoms. The molecule has 1 saturated carbocycles. The molecule has 18 heavy (non-hydrogen) atoms. The molecule has 1 amide bonds. The van der Waals surface area contributed by atoms with E-state index >= 15 is 0 Å². The van der Waals surface area contributed by atoms with Gasteiger partial charge >= 0.3 is 0 Å². The summed E-state index contributed by atoms with van der Waals surface area (Å²) >= 11 is 0. The maximum atomic E-state index is 12.3. The predicted octanol–water partition coefficient (Wildman–Crippen LogP) is 1.17. The van der Waals surface area contributed by atoms with Gasteiger partial charge in [-0.15, -0.1) is 0 Å². The van der Waals surface area contributed by atoms with Crippen LogP contribution in [-0.4, -0.2) is 35.2 Å². The molecule has 106 valence electrons. The molecule has 0 aliphatic heterocycles. The van der Waals surface area contributed by atoms with Gasteiger partial charge in [-0.3, -0.25) is 9.00 Å². The van der Waals surface area contributed by atoms with Crippen LogP contribution in [0.1, 0.15) is 44.9 Å². The van der Waals surface area contributed by atoms with Gasteiger partial charge < -0.3 is 11.1 Å². The minimum absolute atomic E-state index is 0.105. The molecule has 5 heteroatoms. The Balaban J connectivity index is 2.42. The number of rotatable bonds is 6. The van der Waals surface area contributed by atoms with Crippen molar-refractivity contribution >= 4 is 16.7 Å². The Morgan fingerprint density at radius 1 is 1.28 bits per heavy atom. The summed E-state index contributed by atoms with van der Waals surface area (Å²) in [5, 5.41) is 2.97. The molecule has 1 aliphatic carbocycles. The number of hydrogen-bond donors (Lipinski definition) is 2. The summed E-state index contributed by atoms with van der Waals surface area (Å²) < 4.78 is 10.9. The summed E-state index contributed by atoms with van der Waals surface area (Å²) in [6.45, 7) is 1.05. The molecule has 0 aromatic rings. The van der Waals surface area contributed by atoms with Gasteiger partial charge in [-0.1, -0.05) is 25.7 Å². The zero-order valence-electron chi connectivity index (χ0n) is 11.4. The molecule has 0 saturated heterocycles. The van der Waals surface area contributed by atoms with Crippen LogP contribution in [0.2, 0.25) is 0 Å². The van der Waals surface area contributed by atoms with E-state index in [1.165, 1.54) is 12.8 Å². The molecule has 0 bridgehead atoms. The first-order valence-electron chi connectivity index (χ1n) is 6.89. The minimum Gasteiger partial charge on any atom is -0.356 e. The number of amides is 1. The largest absolute Gasteiger partial charge is 0.356 e. The van der Waals surface area contributed by atoms with Crippen molar-refractivity contribution in [3.8, 4) is 0 Å². The van der Waals surface area contributed by atoms with Crippen molar-refractivity contribution in [2.24, 2.45) is 11.1 Å². The third-order valence-corrected chi connectivity index (χ3v) is 4.69. The van der Waals surface area contributed by atoms with E-state index in [2.05, 4.69) is 5.32 Å². The summed E-state index contributed by atoms with van der Waals surface area (Å²) in [7, 11) is -0.776. The van der Waals surface area contributed by atoms with Crippen molar-refractivity contribution < 1.29 is 9.00 Å². The van der Waals surface area contributed by atoms with E-state index in [-0.39, 0.29) is 11.3 Å². The van der Waals surface area contributed by atoms with Crippen molar-refractivity contribution in [3.05, 3.63) is 0 Å². The van der Waals surface area contributed by atoms with Gasteiger partial charge in [-0.2, -0.15) is 0 Å². The number of carbonyl (C=O) groups is 1. The maximum absolute atomic E-state index is 12.3. The number of nitrogens with two attached hydrogens (primary N) is 1. The van der Waals surface area contributed by atoms with Crippen molar-refractivity contribution in [1.29, 1.82) is 0 Å². The van der Waals surface area contributed by atoms with Crippen molar-refractivity contribution in [2.75, 3.05) is 25.1 Å². The molecule has 0 heterocycles. The third kappa shape index (κ3) is 4.69. The van der Waals surface area contributed by atoms with Gasteiger partial charge in [0.2, 0.25) is 5.91 Å². The molecule has 1 fully saturated rings. The Labute approximate surface area is 113 Å². The summed E-state index contributed by atoms with van der Waals surface area (Å²) in [4.78, 5) is 12.3. The zero-order valence-corrected chi connectivity index (χ0v) is 12.2. The fraction of sp³-hybridized carbons (Fsp3) is 0.923. The van der Waals surface area contributed by atoms with Crippen LogP contribution in [0.3, 0.4) is 0 Å². The van der Waals surface area contributed by atoms with E-state index in [1.54, 1.807) is 6.26 Å². The third-order valence-electron chi connectivity index (χ3n) is 3.83. The van der Waals surface area contributed by atoms with Crippen LogP contribution in [-0.2, 0) is 15.6 Å².